The molecule has 3 rings (SSSR count). The minimum Gasteiger partial charge on any atom is -0.311 e. The van der Waals surface area contributed by atoms with Crippen molar-refractivity contribution in [1.29, 1.82) is 0 Å². The molecule has 7 heteroatoms. The second-order valence-corrected chi connectivity index (χ2v) is 7.18. The van der Waals surface area contributed by atoms with Crippen LogP contribution in [0.1, 0.15) is 25.7 Å². The minimum atomic E-state index is -4.02. The van der Waals surface area contributed by atoms with E-state index >= 15 is 0 Å². The standard InChI is InChI=1S/C13H16F2N2O2S/c14-8-1-4-12(15)13(5-8)20(18,19)17-11-6-9-2-3-10(7-11)16-9/h1,4-5,9-11,16-17H,2-3,6-7H2. The summed E-state index contributed by atoms with van der Waals surface area (Å²) in [5.74, 6) is -1.70. The van der Waals surface area contributed by atoms with Gasteiger partial charge in [0.05, 0.1) is 0 Å². The molecule has 1 aromatic rings. The highest BCUT2D eigenvalue weighted by Crippen LogP contribution is 2.28. The number of hydrogen-bond acceptors (Lipinski definition) is 3. The Bertz CT molecular complexity index is 609. The first-order valence-electron chi connectivity index (χ1n) is 6.67. The highest BCUT2D eigenvalue weighted by molar-refractivity contribution is 7.89. The Morgan fingerprint density at radius 2 is 1.80 bits per heavy atom. The van der Waals surface area contributed by atoms with Gasteiger partial charge in [0.25, 0.3) is 0 Å². The van der Waals surface area contributed by atoms with E-state index in [0.29, 0.717) is 31.0 Å². The molecule has 2 atom stereocenters. The molecule has 2 aliphatic heterocycles. The average Bonchev–Trinajstić information content (AvgIpc) is 2.71. The van der Waals surface area contributed by atoms with Crippen LogP contribution in [0.4, 0.5) is 8.78 Å². The molecular formula is C13H16F2N2O2S. The summed E-state index contributed by atoms with van der Waals surface area (Å²) < 4.78 is 53.6. The highest BCUT2D eigenvalue weighted by atomic mass is 32.2. The van der Waals surface area contributed by atoms with E-state index < -0.39 is 26.6 Å². The van der Waals surface area contributed by atoms with Gasteiger partial charge in [0, 0.05) is 18.1 Å². The monoisotopic (exact) mass is 302 g/mol. The lowest BCUT2D eigenvalue weighted by Crippen LogP contribution is -2.48. The topological polar surface area (TPSA) is 58.2 Å². The van der Waals surface area contributed by atoms with Crippen molar-refractivity contribution in [2.45, 2.75) is 48.7 Å². The minimum absolute atomic E-state index is 0.221. The van der Waals surface area contributed by atoms with E-state index in [-0.39, 0.29) is 6.04 Å². The zero-order valence-electron chi connectivity index (χ0n) is 10.8. The summed E-state index contributed by atoms with van der Waals surface area (Å²) >= 11 is 0. The summed E-state index contributed by atoms with van der Waals surface area (Å²) in [6, 6.07) is 2.86. The summed E-state index contributed by atoms with van der Waals surface area (Å²) in [5, 5.41) is 3.40. The Labute approximate surface area is 116 Å². The third-order valence-corrected chi connectivity index (χ3v) is 5.51. The van der Waals surface area contributed by atoms with Crippen molar-refractivity contribution in [3.05, 3.63) is 29.8 Å². The first-order valence-corrected chi connectivity index (χ1v) is 8.16. The maximum absolute atomic E-state index is 13.6. The number of hydrogen-bond donors (Lipinski definition) is 2. The van der Waals surface area contributed by atoms with Crippen molar-refractivity contribution in [2.75, 3.05) is 0 Å². The number of halogens is 2. The zero-order chi connectivity index (χ0) is 14.3. The fraction of sp³-hybridized carbons (Fsp3) is 0.538. The van der Waals surface area contributed by atoms with Crippen LogP contribution >= 0.6 is 0 Å². The molecule has 0 aromatic heterocycles. The molecule has 2 unspecified atom stereocenters. The summed E-state index contributed by atoms with van der Waals surface area (Å²) in [6.45, 7) is 0. The van der Waals surface area contributed by atoms with Gasteiger partial charge in [-0.15, -0.1) is 0 Å². The lowest BCUT2D eigenvalue weighted by molar-refractivity contribution is 0.345. The van der Waals surface area contributed by atoms with E-state index in [0.717, 1.165) is 25.0 Å². The smallest absolute Gasteiger partial charge is 0.243 e. The van der Waals surface area contributed by atoms with Crippen LogP contribution in [0.3, 0.4) is 0 Å². The Morgan fingerprint density at radius 1 is 1.15 bits per heavy atom. The van der Waals surface area contributed by atoms with Gasteiger partial charge in [-0.25, -0.2) is 21.9 Å². The van der Waals surface area contributed by atoms with Gasteiger partial charge in [-0.1, -0.05) is 0 Å². The van der Waals surface area contributed by atoms with Crippen molar-refractivity contribution in [2.24, 2.45) is 0 Å². The van der Waals surface area contributed by atoms with Gasteiger partial charge in [0.1, 0.15) is 16.5 Å². The predicted molar refractivity (Wildman–Crippen MR) is 69.6 cm³/mol. The Hall–Kier alpha value is -1.05. The van der Waals surface area contributed by atoms with Crippen LogP contribution in [0.5, 0.6) is 0 Å². The van der Waals surface area contributed by atoms with E-state index in [1.807, 2.05) is 0 Å². The third kappa shape index (κ3) is 2.70. The zero-order valence-corrected chi connectivity index (χ0v) is 11.6. The van der Waals surface area contributed by atoms with Gasteiger partial charge in [-0.05, 0) is 43.9 Å². The fourth-order valence-corrected chi connectivity index (χ4v) is 4.47. The van der Waals surface area contributed by atoms with E-state index in [1.54, 1.807) is 0 Å². The van der Waals surface area contributed by atoms with E-state index in [2.05, 4.69) is 10.0 Å². The van der Waals surface area contributed by atoms with Crippen LogP contribution in [-0.2, 0) is 10.0 Å². The lowest BCUT2D eigenvalue weighted by atomic mass is 10.0. The largest absolute Gasteiger partial charge is 0.311 e. The summed E-state index contributed by atoms with van der Waals surface area (Å²) in [4.78, 5) is -0.622. The first kappa shape index (κ1) is 13.9. The number of sulfonamides is 1. The normalized spacial score (nSPS) is 29.6. The molecule has 20 heavy (non-hydrogen) atoms. The molecule has 0 saturated carbocycles. The van der Waals surface area contributed by atoms with Gasteiger partial charge >= 0.3 is 0 Å². The number of piperidine rings is 1. The SMILES string of the molecule is O=S(=O)(NC1CC2CCC(C1)N2)c1cc(F)ccc1F. The van der Waals surface area contributed by atoms with E-state index in [4.69, 9.17) is 0 Å². The van der Waals surface area contributed by atoms with Crippen LogP contribution < -0.4 is 10.0 Å². The molecule has 1 aromatic carbocycles. The molecule has 2 fully saturated rings. The third-order valence-electron chi connectivity index (χ3n) is 3.98. The fourth-order valence-electron chi connectivity index (χ4n) is 3.12. The highest BCUT2D eigenvalue weighted by Gasteiger charge is 2.35. The number of fused-ring (bicyclic) bond motifs is 2. The number of rotatable bonds is 3. The number of benzene rings is 1. The summed E-state index contributed by atoms with van der Waals surface area (Å²) in [7, 11) is -4.02. The quantitative estimate of drug-likeness (QED) is 0.890. The second kappa shape index (κ2) is 5.05. The van der Waals surface area contributed by atoms with Crippen molar-refractivity contribution in [1.82, 2.24) is 10.0 Å². The van der Waals surface area contributed by atoms with Crippen LogP contribution in [0, 0.1) is 11.6 Å². The predicted octanol–water partition coefficient (Wildman–Crippen LogP) is 1.53. The molecule has 0 aliphatic carbocycles. The molecular weight excluding hydrogens is 286 g/mol. The van der Waals surface area contributed by atoms with Gasteiger partial charge in [-0.2, -0.15) is 0 Å². The van der Waals surface area contributed by atoms with Crippen molar-refractivity contribution in [3.63, 3.8) is 0 Å². The molecule has 2 heterocycles. The van der Waals surface area contributed by atoms with E-state index in [1.165, 1.54) is 0 Å². The average molecular weight is 302 g/mol. The van der Waals surface area contributed by atoms with Crippen molar-refractivity contribution < 1.29 is 17.2 Å². The first-order chi connectivity index (χ1) is 9.44. The van der Waals surface area contributed by atoms with Gasteiger partial charge in [-0.3, -0.25) is 0 Å². The summed E-state index contributed by atoms with van der Waals surface area (Å²) in [6.07, 6.45) is 3.45. The van der Waals surface area contributed by atoms with Gasteiger partial charge < -0.3 is 5.32 Å². The van der Waals surface area contributed by atoms with E-state index in [9.17, 15) is 17.2 Å². The number of nitrogens with one attached hydrogen (secondary N) is 2. The Balaban J connectivity index is 1.80. The van der Waals surface area contributed by atoms with Crippen LogP contribution in [0.2, 0.25) is 0 Å². The molecule has 2 N–H and O–H groups in total. The molecule has 0 amide bonds. The molecule has 4 nitrogen and oxygen atoms in total. The lowest BCUT2D eigenvalue weighted by Gasteiger charge is -2.29. The van der Waals surface area contributed by atoms with Crippen LogP contribution in [0.25, 0.3) is 0 Å². The molecule has 0 spiro atoms. The maximum atomic E-state index is 13.6. The summed E-state index contributed by atoms with van der Waals surface area (Å²) in [5.41, 5.74) is 0. The molecule has 2 aliphatic rings. The van der Waals surface area contributed by atoms with Crippen molar-refractivity contribution in [3.8, 4) is 0 Å². The van der Waals surface area contributed by atoms with Gasteiger partial charge in [0.15, 0.2) is 0 Å². The Morgan fingerprint density at radius 3 is 2.45 bits per heavy atom. The molecule has 2 saturated heterocycles. The van der Waals surface area contributed by atoms with Gasteiger partial charge in [0.2, 0.25) is 10.0 Å². The molecule has 2 bridgehead atoms. The second-order valence-electron chi connectivity index (χ2n) is 5.50. The maximum Gasteiger partial charge on any atom is 0.243 e. The van der Waals surface area contributed by atoms with Crippen LogP contribution in [-0.4, -0.2) is 26.5 Å². The van der Waals surface area contributed by atoms with Crippen molar-refractivity contribution >= 4 is 10.0 Å². The molecule has 0 radical (unpaired) electrons. The molecule has 110 valence electrons. The van der Waals surface area contributed by atoms with Crippen LogP contribution in [0.15, 0.2) is 23.1 Å². The Kier molecular flexibility index (Phi) is 3.51.